The topological polar surface area (TPSA) is 72.5 Å². The van der Waals surface area contributed by atoms with Gasteiger partial charge < -0.3 is 15.6 Å². The van der Waals surface area contributed by atoms with Gasteiger partial charge in [0.2, 0.25) is 0 Å². The van der Waals surface area contributed by atoms with Crippen LogP contribution in [0.15, 0.2) is 24.3 Å². The van der Waals surface area contributed by atoms with Gasteiger partial charge in [-0.25, -0.2) is 4.39 Å². The zero-order valence-electron chi connectivity index (χ0n) is 12.2. The minimum Gasteiger partial charge on any atom is -0.480 e. The molecule has 1 aromatic carbocycles. The van der Waals surface area contributed by atoms with Gasteiger partial charge in [-0.1, -0.05) is 12.1 Å². The van der Waals surface area contributed by atoms with Crippen LogP contribution < -0.4 is 5.73 Å². The highest BCUT2D eigenvalue weighted by molar-refractivity contribution is 5.74. The molecule has 0 unspecified atom stereocenters. The Hall–Kier alpha value is -1.46. The lowest BCUT2D eigenvalue weighted by Gasteiger charge is -2.35. The number of methoxy groups -OCH3 is 1. The zero-order chi connectivity index (χ0) is 15.4. The van der Waals surface area contributed by atoms with Crippen molar-refractivity contribution in [3.63, 3.8) is 0 Å². The Bertz CT molecular complexity index is 469. The van der Waals surface area contributed by atoms with E-state index in [-0.39, 0.29) is 23.8 Å². The Labute approximate surface area is 124 Å². The van der Waals surface area contributed by atoms with Crippen LogP contribution in [0.1, 0.15) is 37.2 Å². The SMILES string of the molecule is CO[C@H]1CC[C@H]([C@H](c2ccc(F)cc2)[C@H](N)C(=O)O)CC1. The molecule has 1 aromatic rings. The number of hydrogen-bond donors (Lipinski definition) is 2. The summed E-state index contributed by atoms with van der Waals surface area (Å²) >= 11 is 0. The molecule has 1 fully saturated rings. The van der Waals surface area contributed by atoms with Crippen LogP contribution in [-0.2, 0) is 9.53 Å². The fraction of sp³-hybridized carbons (Fsp3) is 0.562. The van der Waals surface area contributed by atoms with E-state index in [1.54, 1.807) is 19.2 Å². The number of carboxylic acids is 1. The van der Waals surface area contributed by atoms with Gasteiger partial charge in [-0.3, -0.25) is 4.79 Å². The van der Waals surface area contributed by atoms with Gasteiger partial charge in [-0.15, -0.1) is 0 Å². The lowest BCUT2D eigenvalue weighted by molar-refractivity contribution is -0.139. The maximum atomic E-state index is 13.1. The molecular weight excluding hydrogens is 273 g/mol. The van der Waals surface area contributed by atoms with Crippen LogP contribution in [0.3, 0.4) is 0 Å². The highest BCUT2D eigenvalue weighted by Crippen LogP contribution is 2.38. The number of nitrogens with two attached hydrogens (primary N) is 1. The second-order valence-electron chi connectivity index (χ2n) is 5.71. The molecule has 4 nitrogen and oxygen atoms in total. The summed E-state index contributed by atoms with van der Waals surface area (Å²) in [6.07, 6.45) is 3.82. The molecule has 5 heteroatoms. The number of aliphatic carboxylic acids is 1. The third-order valence-corrected chi connectivity index (χ3v) is 4.49. The Balaban J connectivity index is 2.20. The monoisotopic (exact) mass is 295 g/mol. The van der Waals surface area contributed by atoms with Gasteiger partial charge in [0, 0.05) is 13.0 Å². The van der Waals surface area contributed by atoms with E-state index in [9.17, 15) is 14.3 Å². The molecule has 1 aliphatic rings. The van der Waals surface area contributed by atoms with Crippen molar-refractivity contribution in [1.29, 1.82) is 0 Å². The van der Waals surface area contributed by atoms with E-state index in [4.69, 9.17) is 10.5 Å². The van der Waals surface area contributed by atoms with E-state index in [2.05, 4.69) is 0 Å². The van der Waals surface area contributed by atoms with E-state index in [1.807, 2.05) is 0 Å². The zero-order valence-corrected chi connectivity index (χ0v) is 12.2. The minimum atomic E-state index is -1.02. The normalized spacial score (nSPS) is 25.3. The molecule has 0 saturated heterocycles. The predicted octanol–water partition coefficient (Wildman–Crippen LogP) is 2.53. The fourth-order valence-corrected chi connectivity index (χ4v) is 3.29. The van der Waals surface area contributed by atoms with E-state index in [1.165, 1.54) is 12.1 Å². The summed E-state index contributed by atoms with van der Waals surface area (Å²) in [6.45, 7) is 0. The predicted molar refractivity (Wildman–Crippen MR) is 77.5 cm³/mol. The number of hydrogen-bond acceptors (Lipinski definition) is 3. The van der Waals surface area contributed by atoms with Gasteiger partial charge in [0.05, 0.1) is 6.10 Å². The van der Waals surface area contributed by atoms with Gasteiger partial charge in [0.15, 0.2) is 0 Å². The summed E-state index contributed by atoms with van der Waals surface area (Å²) in [5.74, 6) is -1.45. The molecule has 116 valence electrons. The van der Waals surface area contributed by atoms with Gasteiger partial charge in [-0.05, 0) is 49.3 Å². The van der Waals surface area contributed by atoms with Crippen molar-refractivity contribution in [2.75, 3.05) is 7.11 Å². The lowest BCUT2D eigenvalue weighted by Crippen LogP contribution is -2.41. The molecule has 2 atom stereocenters. The summed E-state index contributed by atoms with van der Waals surface area (Å²) in [5.41, 5.74) is 6.70. The first-order chi connectivity index (χ1) is 10.0. The molecule has 0 radical (unpaired) electrons. The maximum Gasteiger partial charge on any atom is 0.321 e. The Morgan fingerprint density at radius 3 is 2.33 bits per heavy atom. The molecule has 0 aromatic heterocycles. The average molecular weight is 295 g/mol. The summed E-state index contributed by atoms with van der Waals surface area (Å²) in [7, 11) is 1.70. The fourth-order valence-electron chi connectivity index (χ4n) is 3.29. The van der Waals surface area contributed by atoms with Crippen molar-refractivity contribution in [2.45, 2.75) is 43.7 Å². The van der Waals surface area contributed by atoms with Gasteiger partial charge >= 0.3 is 5.97 Å². The number of carbonyl (C=O) groups is 1. The molecule has 0 bridgehead atoms. The number of rotatable bonds is 5. The quantitative estimate of drug-likeness (QED) is 0.875. The van der Waals surface area contributed by atoms with Crippen LogP contribution in [-0.4, -0.2) is 30.3 Å². The molecule has 0 spiro atoms. The van der Waals surface area contributed by atoms with Crippen LogP contribution in [0.5, 0.6) is 0 Å². The minimum absolute atomic E-state index is 0.188. The molecular formula is C16H22FNO3. The summed E-state index contributed by atoms with van der Waals surface area (Å²) in [5, 5.41) is 9.27. The highest BCUT2D eigenvalue weighted by Gasteiger charge is 2.35. The maximum absolute atomic E-state index is 13.1. The third kappa shape index (κ3) is 3.80. The average Bonchev–Trinajstić information content (AvgIpc) is 2.50. The number of ether oxygens (including phenoxy) is 1. The first-order valence-electron chi connectivity index (χ1n) is 7.29. The second kappa shape index (κ2) is 7.00. The van der Waals surface area contributed by atoms with E-state index < -0.39 is 12.0 Å². The van der Waals surface area contributed by atoms with Gasteiger partial charge in [-0.2, -0.15) is 0 Å². The number of benzene rings is 1. The van der Waals surface area contributed by atoms with Crippen molar-refractivity contribution in [3.8, 4) is 0 Å². The Morgan fingerprint density at radius 1 is 1.29 bits per heavy atom. The first-order valence-corrected chi connectivity index (χ1v) is 7.29. The van der Waals surface area contributed by atoms with Crippen molar-refractivity contribution in [1.82, 2.24) is 0 Å². The van der Waals surface area contributed by atoms with E-state index in [0.717, 1.165) is 31.2 Å². The summed E-state index contributed by atoms with van der Waals surface area (Å²) < 4.78 is 18.4. The third-order valence-electron chi connectivity index (χ3n) is 4.49. The number of halogens is 1. The highest BCUT2D eigenvalue weighted by atomic mass is 19.1. The van der Waals surface area contributed by atoms with Crippen LogP contribution >= 0.6 is 0 Å². The summed E-state index contributed by atoms with van der Waals surface area (Å²) in [6, 6.07) is 5.03. The van der Waals surface area contributed by atoms with Gasteiger partial charge in [0.1, 0.15) is 11.9 Å². The molecule has 3 N–H and O–H groups in total. The largest absolute Gasteiger partial charge is 0.480 e. The van der Waals surface area contributed by atoms with Crippen molar-refractivity contribution >= 4 is 5.97 Å². The van der Waals surface area contributed by atoms with Gasteiger partial charge in [0.25, 0.3) is 0 Å². The molecule has 0 amide bonds. The number of carboxylic acid groups (broad SMARTS) is 1. The van der Waals surface area contributed by atoms with Crippen LogP contribution in [0.4, 0.5) is 4.39 Å². The van der Waals surface area contributed by atoms with Crippen molar-refractivity contribution < 1.29 is 19.0 Å². The smallest absolute Gasteiger partial charge is 0.321 e. The molecule has 1 aliphatic carbocycles. The molecule has 21 heavy (non-hydrogen) atoms. The van der Waals surface area contributed by atoms with Crippen LogP contribution in [0.25, 0.3) is 0 Å². The Kier molecular flexibility index (Phi) is 5.31. The standard InChI is InChI=1S/C16H22FNO3/c1-21-13-8-4-11(5-9-13)14(15(18)16(19)20)10-2-6-12(17)7-3-10/h2-3,6-7,11,13-15H,4-5,8-9,18H2,1H3,(H,19,20)/t11-,13-,14-,15-/m0/s1. The summed E-state index contributed by atoms with van der Waals surface area (Å²) in [4.78, 5) is 11.3. The lowest BCUT2D eigenvalue weighted by atomic mass is 9.73. The molecule has 0 aliphatic heterocycles. The van der Waals surface area contributed by atoms with Crippen LogP contribution in [0, 0.1) is 11.7 Å². The molecule has 0 heterocycles. The van der Waals surface area contributed by atoms with Crippen LogP contribution in [0.2, 0.25) is 0 Å². The van der Waals surface area contributed by atoms with Crippen molar-refractivity contribution in [2.24, 2.45) is 11.7 Å². The Morgan fingerprint density at radius 2 is 1.86 bits per heavy atom. The molecule has 1 saturated carbocycles. The van der Waals surface area contributed by atoms with Crippen molar-refractivity contribution in [3.05, 3.63) is 35.6 Å². The van der Waals surface area contributed by atoms with E-state index >= 15 is 0 Å². The molecule has 2 rings (SSSR count). The first kappa shape index (κ1) is 15.9. The second-order valence-corrected chi connectivity index (χ2v) is 5.71. The van der Waals surface area contributed by atoms with E-state index in [0.29, 0.717) is 0 Å².